The van der Waals surface area contributed by atoms with Crippen LogP contribution in [0.15, 0.2) is 33.3 Å². The van der Waals surface area contributed by atoms with Crippen molar-refractivity contribution < 1.29 is 0 Å². The Morgan fingerprint density at radius 1 is 1.06 bits per heavy atom. The quantitative estimate of drug-likeness (QED) is 0.663. The van der Waals surface area contributed by atoms with Gasteiger partial charge in [0, 0.05) is 15.6 Å². The van der Waals surface area contributed by atoms with Gasteiger partial charge in [0.25, 0.3) is 0 Å². The summed E-state index contributed by atoms with van der Waals surface area (Å²) in [4.78, 5) is 0. The Kier molecular flexibility index (Phi) is 3.26. The van der Waals surface area contributed by atoms with Crippen LogP contribution in [0.5, 0.6) is 0 Å². The lowest BCUT2D eigenvalue weighted by Crippen LogP contribution is -1.87. The van der Waals surface area contributed by atoms with E-state index >= 15 is 0 Å². The fourth-order valence-electron chi connectivity index (χ4n) is 1.64. The molecule has 0 saturated carbocycles. The fraction of sp³-hybridized carbons (Fsp3) is 0. The SMILES string of the molecule is N#CC(C#N)=C1C(Cl)=C(Cl)c2cc(Br)ccc21. The van der Waals surface area contributed by atoms with Gasteiger partial charge in [0.05, 0.1) is 10.1 Å². The number of nitrogens with zero attached hydrogens (tertiary/aromatic N) is 2. The zero-order chi connectivity index (χ0) is 12.6. The second-order valence-corrected chi connectivity index (χ2v) is 4.96. The number of rotatable bonds is 0. The molecule has 1 aromatic carbocycles. The Hall–Kier alpha value is -1.26. The fourth-order valence-corrected chi connectivity index (χ4v) is 2.55. The smallest absolute Gasteiger partial charge is 0.139 e. The molecule has 1 aromatic rings. The first-order chi connectivity index (χ1) is 8.10. The number of fused-ring (bicyclic) bond motifs is 1. The average Bonchev–Trinajstić information content (AvgIpc) is 2.56. The van der Waals surface area contributed by atoms with Crippen LogP contribution >= 0.6 is 39.1 Å². The molecule has 1 aliphatic rings. The Bertz CT molecular complexity index is 644. The third kappa shape index (κ3) is 1.87. The number of hydrogen-bond acceptors (Lipinski definition) is 2. The van der Waals surface area contributed by atoms with E-state index < -0.39 is 0 Å². The number of hydrogen-bond donors (Lipinski definition) is 0. The van der Waals surface area contributed by atoms with E-state index in [2.05, 4.69) is 15.9 Å². The van der Waals surface area contributed by atoms with Crippen LogP contribution in [0.2, 0.25) is 0 Å². The lowest BCUT2D eigenvalue weighted by molar-refractivity contribution is 1.46. The molecule has 0 aromatic heterocycles. The molecule has 0 aliphatic heterocycles. The third-order valence-electron chi connectivity index (χ3n) is 2.37. The highest BCUT2D eigenvalue weighted by atomic mass is 79.9. The topological polar surface area (TPSA) is 47.6 Å². The van der Waals surface area contributed by atoms with E-state index in [1.165, 1.54) is 0 Å². The van der Waals surface area contributed by atoms with Crippen LogP contribution in [0.25, 0.3) is 10.6 Å². The Labute approximate surface area is 116 Å². The summed E-state index contributed by atoms with van der Waals surface area (Å²) < 4.78 is 0.857. The molecular formula is C12H3BrCl2N2. The number of halogens is 3. The molecule has 2 nitrogen and oxygen atoms in total. The monoisotopic (exact) mass is 324 g/mol. The van der Waals surface area contributed by atoms with Crippen molar-refractivity contribution in [3.05, 3.63) is 44.4 Å². The molecule has 0 N–H and O–H groups in total. The number of nitriles is 2. The maximum absolute atomic E-state index is 8.91. The molecule has 0 fully saturated rings. The van der Waals surface area contributed by atoms with E-state index in [0.717, 1.165) is 10.0 Å². The Morgan fingerprint density at radius 3 is 2.29 bits per heavy atom. The molecule has 1 aliphatic carbocycles. The molecular weight excluding hydrogens is 323 g/mol. The zero-order valence-electron chi connectivity index (χ0n) is 8.26. The summed E-state index contributed by atoms with van der Waals surface area (Å²) in [6.45, 7) is 0. The predicted molar refractivity (Wildman–Crippen MR) is 70.9 cm³/mol. The van der Waals surface area contributed by atoms with Crippen molar-refractivity contribution in [2.45, 2.75) is 0 Å². The van der Waals surface area contributed by atoms with Crippen molar-refractivity contribution in [3.8, 4) is 12.1 Å². The Morgan fingerprint density at radius 2 is 1.71 bits per heavy atom. The lowest BCUT2D eigenvalue weighted by atomic mass is 10.0. The van der Waals surface area contributed by atoms with E-state index in [1.807, 2.05) is 18.2 Å². The van der Waals surface area contributed by atoms with E-state index in [1.54, 1.807) is 12.1 Å². The number of allylic oxidation sites excluding steroid dienone is 3. The lowest BCUT2D eigenvalue weighted by Gasteiger charge is -2.02. The van der Waals surface area contributed by atoms with Crippen LogP contribution in [0.4, 0.5) is 0 Å². The summed E-state index contributed by atoms with van der Waals surface area (Å²) in [6.07, 6.45) is 0. The van der Waals surface area contributed by atoms with E-state index in [4.69, 9.17) is 33.7 Å². The normalized spacial score (nSPS) is 13.1. The first-order valence-corrected chi connectivity index (χ1v) is 6.05. The molecule has 0 saturated heterocycles. The van der Waals surface area contributed by atoms with Gasteiger partial charge >= 0.3 is 0 Å². The summed E-state index contributed by atoms with van der Waals surface area (Å²) in [5.74, 6) is 0. The Balaban J connectivity index is 2.84. The van der Waals surface area contributed by atoms with Crippen LogP contribution in [-0.4, -0.2) is 0 Å². The second kappa shape index (κ2) is 4.55. The van der Waals surface area contributed by atoms with E-state index in [-0.39, 0.29) is 10.6 Å². The van der Waals surface area contributed by atoms with Gasteiger partial charge in [0.2, 0.25) is 0 Å². The number of benzene rings is 1. The second-order valence-electron chi connectivity index (χ2n) is 3.29. The van der Waals surface area contributed by atoms with Crippen molar-refractivity contribution in [2.75, 3.05) is 0 Å². The summed E-state index contributed by atoms with van der Waals surface area (Å²) in [7, 11) is 0. The molecule has 0 radical (unpaired) electrons. The molecule has 5 heteroatoms. The van der Waals surface area contributed by atoms with E-state index in [9.17, 15) is 0 Å². The molecule has 0 spiro atoms. The minimum atomic E-state index is -0.0331. The maximum Gasteiger partial charge on any atom is 0.139 e. The highest BCUT2D eigenvalue weighted by Gasteiger charge is 2.27. The first kappa shape index (κ1) is 12.2. The molecule has 0 bridgehead atoms. The van der Waals surface area contributed by atoms with Gasteiger partial charge in [-0.05, 0) is 17.7 Å². The molecule has 0 atom stereocenters. The van der Waals surface area contributed by atoms with Crippen LogP contribution in [0.3, 0.4) is 0 Å². The average molecular weight is 326 g/mol. The third-order valence-corrected chi connectivity index (χ3v) is 3.73. The predicted octanol–water partition coefficient (Wildman–Crippen LogP) is 4.41. The maximum atomic E-state index is 8.91. The van der Waals surface area contributed by atoms with Crippen LogP contribution in [-0.2, 0) is 0 Å². The van der Waals surface area contributed by atoms with Gasteiger partial charge in [-0.15, -0.1) is 0 Å². The summed E-state index contributed by atoms with van der Waals surface area (Å²) in [5, 5.41) is 18.4. The standard InChI is InChI=1S/C12H3BrCl2N2/c13-7-1-2-8-9(3-7)11(14)12(15)10(8)6(4-16)5-17/h1-3H. The molecule has 2 rings (SSSR count). The summed E-state index contributed by atoms with van der Waals surface area (Å²) in [5.41, 5.74) is 1.81. The van der Waals surface area contributed by atoms with Crippen LogP contribution in [0.1, 0.15) is 11.1 Å². The summed E-state index contributed by atoms with van der Waals surface area (Å²) in [6, 6.07) is 9.05. The van der Waals surface area contributed by atoms with Crippen molar-refractivity contribution in [1.29, 1.82) is 10.5 Å². The first-order valence-electron chi connectivity index (χ1n) is 4.50. The van der Waals surface area contributed by atoms with Crippen molar-refractivity contribution >= 4 is 49.7 Å². The largest absolute Gasteiger partial charge is 0.192 e. The van der Waals surface area contributed by atoms with Gasteiger partial charge in [-0.1, -0.05) is 45.2 Å². The van der Waals surface area contributed by atoms with Crippen molar-refractivity contribution in [3.63, 3.8) is 0 Å². The van der Waals surface area contributed by atoms with Gasteiger partial charge in [0.15, 0.2) is 0 Å². The van der Waals surface area contributed by atoms with Crippen LogP contribution in [0, 0.1) is 22.7 Å². The van der Waals surface area contributed by atoms with Gasteiger partial charge in [-0.3, -0.25) is 0 Å². The zero-order valence-corrected chi connectivity index (χ0v) is 11.4. The van der Waals surface area contributed by atoms with Crippen molar-refractivity contribution in [1.82, 2.24) is 0 Å². The highest BCUT2D eigenvalue weighted by Crippen LogP contribution is 2.47. The molecule has 0 unspecified atom stereocenters. The van der Waals surface area contributed by atoms with E-state index in [0.29, 0.717) is 16.2 Å². The highest BCUT2D eigenvalue weighted by molar-refractivity contribution is 9.10. The molecule has 17 heavy (non-hydrogen) atoms. The van der Waals surface area contributed by atoms with Gasteiger partial charge in [-0.2, -0.15) is 10.5 Å². The van der Waals surface area contributed by atoms with Gasteiger partial charge in [-0.25, -0.2) is 0 Å². The minimum absolute atomic E-state index is 0.0331. The van der Waals surface area contributed by atoms with Crippen LogP contribution < -0.4 is 0 Å². The molecule has 0 amide bonds. The summed E-state index contributed by atoms with van der Waals surface area (Å²) >= 11 is 15.5. The van der Waals surface area contributed by atoms with Gasteiger partial charge < -0.3 is 0 Å². The van der Waals surface area contributed by atoms with Crippen molar-refractivity contribution in [2.24, 2.45) is 0 Å². The minimum Gasteiger partial charge on any atom is -0.192 e. The molecule has 0 heterocycles. The molecule has 82 valence electrons. The van der Waals surface area contributed by atoms with Gasteiger partial charge in [0.1, 0.15) is 17.7 Å².